The first-order chi connectivity index (χ1) is 69.3. The molecule has 145 heavy (non-hydrogen) atoms. The summed E-state index contributed by atoms with van der Waals surface area (Å²) >= 11 is 1.86. The van der Waals surface area contributed by atoms with Crippen molar-refractivity contribution in [2.45, 2.75) is 126 Å². The molecule has 2 radical (unpaired) electrons. The molecule has 17 aromatic carbocycles. The van der Waals surface area contributed by atoms with Gasteiger partial charge in [0.05, 0.1) is 75.3 Å². The predicted molar refractivity (Wildman–Crippen MR) is 592 cm³/mol. The third-order valence-electron chi connectivity index (χ3n) is 26.7. The van der Waals surface area contributed by atoms with Crippen molar-refractivity contribution >= 4 is 125 Å². The van der Waals surface area contributed by atoms with Crippen LogP contribution < -0.4 is 4.90 Å². The Bertz CT molecular complexity index is 8380. The van der Waals surface area contributed by atoms with Crippen molar-refractivity contribution in [1.82, 2.24) is 29.9 Å². The second kappa shape index (κ2) is 44.4. The molecule has 0 bridgehead atoms. The molecule has 726 valence electrons. The van der Waals surface area contributed by atoms with E-state index in [2.05, 4.69) is 358 Å². The van der Waals surface area contributed by atoms with Crippen LogP contribution in [0.3, 0.4) is 0 Å². The van der Waals surface area contributed by atoms with Gasteiger partial charge in [-0.2, -0.15) is 0 Å². The summed E-state index contributed by atoms with van der Waals surface area (Å²) in [7, 11) is 0. The Balaban J connectivity index is 0.000000128. The zero-order valence-corrected chi connectivity index (χ0v) is 88.7. The molecule has 0 aliphatic heterocycles. The summed E-state index contributed by atoms with van der Waals surface area (Å²) in [5, 5.41) is 48.4. The minimum Gasteiger partial charge on any atom is -0.501 e. The fourth-order valence-corrected chi connectivity index (χ4v) is 20.6. The minimum absolute atomic E-state index is 0. The largest absolute Gasteiger partial charge is 0.501 e. The van der Waals surface area contributed by atoms with Crippen LogP contribution in [-0.4, -0.2) is 74.7 Å². The average Bonchev–Trinajstić information content (AvgIpc) is 1.54. The van der Waals surface area contributed by atoms with E-state index in [1.807, 2.05) is 141 Å². The van der Waals surface area contributed by atoms with Gasteiger partial charge in [0.1, 0.15) is 11.2 Å². The molecule has 23 aromatic rings. The van der Waals surface area contributed by atoms with E-state index in [4.69, 9.17) is 29.0 Å². The van der Waals surface area contributed by atoms with Crippen molar-refractivity contribution < 1.29 is 69.5 Å². The maximum absolute atomic E-state index is 9.76. The number of benzene rings is 17. The maximum Gasteiger partial charge on any atom is 0.120 e. The fraction of sp³-hybridized carbons (Fsp3) is 0.163. The first-order valence-electron chi connectivity index (χ1n) is 48.7. The van der Waals surface area contributed by atoms with Crippen LogP contribution in [0.5, 0.6) is 0 Å². The third kappa shape index (κ3) is 21.6. The van der Waals surface area contributed by atoms with E-state index in [1.54, 1.807) is 26.2 Å². The van der Waals surface area contributed by atoms with Crippen molar-refractivity contribution in [3.63, 3.8) is 0 Å². The van der Waals surface area contributed by atoms with Gasteiger partial charge in [-0.3, -0.25) is 15.0 Å². The van der Waals surface area contributed by atoms with Gasteiger partial charge < -0.3 is 44.1 Å². The molecule has 0 saturated heterocycles. The third-order valence-corrected chi connectivity index (χ3v) is 27.9. The van der Waals surface area contributed by atoms with Gasteiger partial charge >= 0.3 is 0 Å². The van der Waals surface area contributed by atoms with Crippen LogP contribution >= 0.6 is 11.3 Å². The van der Waals surface area contributed by atoms with Gasteiger partial charge in [0.25, 0.3) is 0 Å². The first kappa shape index (κ1) is 102. The molecule has 0 fully saturated rings. The van der Waals surface area contributed by atoms with Crippen molar-refractivity contribution in [2.24, 2.45) is 10.8 Å². The Morgan fingerprint density at radius 2 is 0.814 bits per heavy atom. The Labute approximate surface area is 877 Å². The van der Waals surface area contributed by atoms with Crippen LogP contribution in [0, 0.1) is 50.7 Å². The Kier molecular flexibility index (Phi) is 31.2. The van der Waals surface area contributed by atoms with Crippen molar-refractivity contribution in [2.75, 3.05) is 4.90 Å². The van der Waals surface area contributed by atoms with Crippen LogP contribution in [0.4, 0.5) is 17.1 Å². The molecule has 1 aliphatic carbocycles. The van der Waals surface area contributed by atoms with Gasteiger partial charge in [-0.15, -0.1) is 53.3 Å². The first-order valence-corrected chi connectivity index (χ1v) is 49.6. The van der Waals surface area contributed by atoms with Crippen LogP contribution in [0.15, 0.2) is 404 Å². The van der Waals surface area contributed by atoms with E-state index in [1.165, 1.54) is 86.6 Å². The molecule has 13 nitrogen and oxygen atoms in total. The van der Waals surface area contributed by atoms with Crippen LogP contribution in [-0.2, 0) is 45.6 Å². The summed E-state index contributed by atoms with van der Waals surface area (Å²) in [6, 6.07) is 139. The zero-order valence-electron chi connectivity index (χ0n) is 83.1. The number of hydrogen-bond acceptors (Lipinski definition) is 14. The second-order valence-electron chi connectivity index (χ2n) is 39.0. The monoisotopic (exact) mass is 2270 g/mol. The molecular weight excluding hydrogens is 2160 g/mol. The predicted octanol–water partition coefficient (Wildman–Crippen LogP) is 32.1. The normalized spacial score (nSPS) is 12.7. The molecule has 6 heterocycles. The van der Waals surface area contributed by atoms with Crippen molar-refractivity contribution in [3.05, 3.63) is 452 Å². The SMILES string of the molecule is CC(C)(C)C(O)CC(O)C(C)(C)C.CC(O)CC(C)O.Cc1cnc(-c2[c-]cc3oc4ccccc4c3c2)c(C)n1.Cc1cnc(-c2[c-]ccc3c2oc2ccccc23)c(C)n1.[Ir].[Ir].c1cc(-c2cnc3c4ccccc4c4ccccc4c3n2)cc(-c2cccc3c2sc2ccccc23)c1.c1ccc(-c2ccc(N(c3ccccc3)c3ccc(C4(c5ccccc5)c5ccccc5-c5ccccc54)cc3)cc2)cc1. The summed E-state index contributed by atoms with van der Waals surface area (Å²) in [5.74, 6) is 0. The molecule has 24 rings (SSSR count). The molecular formula is C129H113Ir2N7O6S-2. The molecule has 0 amide bonds. The molecule has 0 spiro atoms. The number of rotatable bonds is 14. The summed E-state index contributed by atoms with van der Waals surface area (Å²) in [5.41, 5.74) is 29.8. The van der Waals surface area contributed by atoms with Crippen LogP contribution in [0.2, 0.25) is 0 Å². The van der Waals surface area contributed by atoms with Gasteiger partial charge in [0.15, 0.2) is 0 Å². The van der Waals surface area contributed by atoms with E-state index >= 15 is 0 Å². The number of hydrogen-bond donors (Lipinski definition) is 4. The fourth-order valence-electron chi connectivity index (χ4n) is 19.4. The van der Waals surface area contributed by atoms with E-state index < -0.39 is 17.6 Å². The minimum atomic E-state index is -0.443. The van der Waals surface area contributed by atoms with Gasteiger partial charge in [0.2, 0.25) is 0 Å². The van der Waals surface area contributed by atoms with E-state index in [0.717, 1.165) is 139 Å². The average molecular weight is 2270 g/mol. The Morgan fingerprint density at radius 1 is 0.359 bits per heavy atom. The number of anilines is 3. The summed E-state index contributed by atoms with van der Waals surface area (Å²) in [4.78, 5) is 30.5. The zero-order chi connectivity index (χ0) is 99.2. The Morgan fingerprint density at radius 3 is 1.40 bits per heavy atom. The van der Waals surface area contributed by atoms with E-state index in [0.29, 0.717) is 12.8 Å². The standard InChI is InChI=1S/C43H31N.C34H20N2S.2C18H13N2O.C11H24O2.C5H12O2.2Ir/c1-4-14-32(15-5-1)33-24-28-37(29-25-33)44(36-18-8-3-9-19-36)38-30-26-35(27-31-38)43(34-16-6-2-7-17-34)41-22-12-10-20-39(41)40-21-11-13-23-42(40)43;1-3-14-27-24(11-1)25-12-2-4-15-28(25)33-32(27)35-20-30(36-33)22-10-7-9-21(19-22)23-16-8-17-29-26-13-5-6-18-31(26)37-34(23)29;1-11-10-19-17(12(2)20-11)15-8-5-7-14-13-6-3-4-9-16(13)21-18(14)15;1-11-10-19-18(12(2)20-11)13-7-8-17-15(9-13)14-5-3-4-6-16(14)21-17;1-10(2,3)8(12)7-9(13)11(4,5)6;1-4(6)3-5(2)7;;/h1-31H;1-20H;3-7,9-10H,1-2H3;3-6,8-10H,1-2H3;8-9,12-13H,7H2,1-6H3;4-7H,3H2,1-2H3;;/q;;2*-1;;;;. The summed E-state index contributed by atoms with van der Waals surface area (Å²) in [6.07, 6.45) is 4.77. The second-order valence-corrected chi connectivity index (χ2v) is 40.0. The van der Waals surface area contributed by atoms with Gasteiger partial charge in [-0.1, -0.05) is 349 Å². The van der Waals surface area contributed by atoms with Crippen LogP contribution in [0.1, 0.15) is 113 Å². The van der Waals surface area contributed by atoms with Crippen LogP contribution in [0.25, 0.3) is 164 Å². The maximum atomic E-state index is 9.76. The number of aliphatic hydroxyl groups excluding tert-OH is 4. The number of thiophene rings is 1. The molecule has 16 heteroatoms. The summed E-state index contributed by atoms with van der Waals surface area (Å²) in [6.45, 7) is 23.0. The van der Waals surface area contributed by atoms with E-state index in [9.17, 15) is 10.2 Å². The van der Waals surface area contributed by atoms with Crippen molar-refractivity contribution in [3.8, 4) is 67.2 Å². The number of aryl methyl sites for hydroxylation is 4. The molecule has 1 aliphatic rings. The molecule has 4 unspecified atom stereocenters. The number of fused-ring (bicyclic) bond motifs is 18. The van der Waals surface area contributed by atoms with Crippen molar-refractivity contribution in [1.29, 1.82) is 0 Å². The number of nitrogens with zero attached hydrogens (tertiary/aromatic N) is 7. The quantitative estimate of drug-likeness (QED) is 0.0595. The molecule has 0 saturated carbocycles. The number of aliphatic hydroxyl groups is 4. The number of furan rings is 2. The number of para-hydroxylation sites is 3. The number of aromatic nitrogens is 6. The Hall–Kier alpha value is -14.5. The van der Waals surface area contributed by atoms with Gasteiger partial charge in [0, 0.05) is 146 Å². The smallest absolute Gasteiger partial charge is 0.120 e. The van der Waals surface area contributed by atoms with Gasteiger partial charge in [-0.05, 0) is 186 Å². The van der Waals surface area contributed by atoms with E-state index in [-0.39, 0.29) is 63.2 Å². The topological polar surface area (TPSA) is 188 Å². The van der Waals surface area contributed by atoms with Gasteiger partial charge in [-0.25, -0.2) is 4.98 Å². The molecule has 6 aromatic heterocycles. The molecule has 4 atom stereocenters. The molecule has 4 N–H and O–H groups in total. The summed E-state index contributed by atoms with van der Waals surface area (Å²) < 4.78 is 14.5.